The van der Waals surface area contributed by atoms with E-state index in [1.165, 1.54) is 13.1 Å². The number of hydrogen-bond acceptors (Lipinski definition) is 9. The number of rotatable bonds is 4. The summed E-state index contributed by atoms with van der Waals surface area (Å²) in [4.78, 5) is 14.8. The van der Waals surface area contributed by atoms with Crippen molar-refractivity contribution in [3.8, 4) is 0 Å². The maximum Gasteiger partial charge on any atom is 0.297 e. The molecule has 0 spiro atoms. The lowest BCUT2D eigenvalue weighted by molar-refractivity contribution is -0.222. The van der Waals surface area contributed by atoms with Gasteiger partial charge in [-0.2, -0.15) is 0 Å². The smallest absolute Gasteiger partial charge is 0.297 e. The number of oxazole rings is 1. The third kappa shape index (κ3) is 2.81. The first kappa shape index (κ1) is 14.9. The maximum absolute atomic E-state index is 11.1. The average molecular weight is 288 g/mol. The van der Waals surface area contributed by atoms with E-state index in [4.69, 9.17) is 14.3 Å². The van der Waals surface area contributed by atoms with Gasteiger partial charge >= 0.3 is 0 Å². The molecule has 0 amide bonds. The number of nitrogens with zero attached hydrogens (tertiary/aromatic N) is 1. The number of aliphatic hydroxyl groups is 4. The summed E-state index contributed by atoms with van der Waals surface area (Å²) in [5.41, 5.74) is 0. The SMILES string of the molecule is CC(=O)c1cnc(NC2OC(CO)C(O)C(O)C2O)o1. The summed E-state index contributed by atoms with van der Waals surface area (Å²) < 4.78 is 10.3. The number of ether oxygens (including phenoxy) is 1. The van der Waals surface area contributed by atoms with Gasteiger partial charge in [-0.1, -0.05) is 0 Å². The molecule has 1 fully saturated rings. The molecule has 1 saturated heterocycles. The highest BCUT2D eigenvalue weighted by Crippen LogP contribution is 2.22. The number of Topliss-reactive ketones (excluding diaryl/α,β-unsaturated/α-hetero) is 1. The average Bonchev–Trinajstić information content (AvgIpc) is 2.88. The van der Waals surface area contributed by atoms with Crippen molar-refractivity contribution in [3.05, 3.63) is 12.0 Å². The molecule has 1 aliphatic heterocycles. The Kier molecular flexibility index (Phi) is 4.35. The normalized spacial score (nSPS) is 34.0. The van der Waals surface area contributed by atoms with Gasteiger partial charge in [-0.25, -0.2) is 4.98 Å². The third-order valence-corrected chi connectivity index (χ3v) is 3.01. The van der Waals surface area contributed by atoms with Crippen LogP contribution in [0.4, 0.5) is 6.01 Å². The Morgan fingerprint density at radius 1 is 1.35 bits per heavy atom. The molecular weight excluding hydrogens is 272 g/mol. The zero-order valence-electron chi connectivity index (χ0n) is 10.6. The fraction of sp³-hybridized carbons (Fsp3) is 0.636. The highest BCUT2D eigenvalue weighted by molar-refractivity contribution is 5.91. The Morgan fingerprint density at radius 3 is 2.60 bits per heavy atom. The molecular formula is C11H16N2O7. The molecule has 9 heteroatoms. The van der Waals surface area contributed by atoms with Crippen molar-refractivity contribution in [1.82, 2.24) is 4.98 Å². The molecule has 2 rings (SSSR count). The minimum atomic E-state index is -1.50. The van der Waals surface area contributed by atoms with Crippen molar-refractivity contribution in [2.24, 2.45) is 0 Å². The zero-order chi connectivity index (χ0) is 14.9. The first-order chi connectivity index (χ1) is 9.43. The number of aliphatic hydroxyl groups excluding tert-OH is 4. The first-order valence-corrected chi connectivity index (χ1v) is 5.98. The lowest BCUT2D eigenvalue weighted by Gasteiger charge is -2.39. The van der Waals surface area contributed by atoms with Gasteiger partial charge in [-0.3, -0.25) is 4.79 Å². The molecule has 0 aromatic carbocycles. The molecule has 5 atom stereocenters. The lowest BCUT2D eigenvalue weighted by atomic mass is 9.98. The molecule has 1 aliphatic rings. The van der Waals surface area contributed by atoms with Crippen molar-refractivity contribution in [3.63, 3.8) is 0 Å². The topological polar surface area (TPSA) is 145 Å². The molecule has 1 aromatic rings. The molecule has 5 N–H and O–H groups in total. The lowest BCUT2D eigenvalue weighted by Crippen LogP contribution is -2.60. The van der Waals surface area contributed by atoms with Gasteiger partial charge in [-0.15, -0.1) is 0 Å². The van der Waals surface area contributed by atoms with Crippen LogP contribution < -0.4 is 5.32 Å². The van der Waals surface area contributed by atoms with Crippen LogP contribution in [0.5, 0.6) is 0 Å². The predicted molar refractivity (Wildman–Crippen MR) is 63.9 cm³/mol. The van der Waals surface area contributed by atoms with Gasteiger partial charge in [0.05, 0.1) is 12.8 Å². The fourth-order valence-electron chi connectivity index (χ4n) is 1.85. The van der Waals surface area contributed by atoms with E-state index in [1.54, 1.807) is 0 Å². The number of anilines is 1. The summed E-state index contributed by atoms with van der Waals surface area (Å²) in [7, 11) is 0. The van der Waals surface area contributed by atoms with E-state index in [0.29, 0.717) is 0 Å². The van der Waals surface area contributed by atoms with Crippen LogP contribution in [0.15, 0.2) is 10.6 Å². The number of hydrogen-bond donors (Lipinski definition) is 5. The minimum absolute atomic E-state index is 0.0251. The molecule has 9 nitrogen and oxygen atoms in total. The molecule has 0 bridgehead atoms. The molecule has 1 aromatic heterocycles. The predicted octanol–water partition coefficient (Wildman–Crippen LogP) is -1.91. The molecule has 20 heavy (non-hydrogen) atoms. The summed E-state index contributed by atoms with van der Waals surface area (Å²) in [6.45, 7) is 0.769. The van der Waals surface area contributed by atoms with E-state index < -0.39 is 37.3 Å². The van der Waals surface area contributed by atoms with Crippen molar-refractivity contribution >= 4 is 11.8 Å². The Labute approximate surface area is 113 Å². The second-order valence-electron chi connectivity index (χ2n) is 4.48. The van der Waals surface area contributed by atoms with Crippen molar-refractivity contribution < 1.29 is 34.4 Å². The highest BCUT2D eigenvalue weighted by atomic mass is 16.6. The van der Waals surface area contributed by atoms with Crippen molar-refractivity contribution in [1.29, 1.82) is 0 Å². The Morgan fingerprint density at radius 2 is 2.05 bits per heavy atom. The highest BCUT2D eigenvalue weighted by Gasteiger charge is 2.43. The van der Waals surface area contributed by atoms with Crippen LogP contribution in [0.1, 0.15) is 17.5 Å². The second kappa shape index (κ2) is 5.85. The number of carbonyl (C=O) groups excluding carboxylic acids is 1. The van der Waals surface area contributed by atoms with Gasteiger partial charge in [0, 0.05) is 6.92 Å². The van der Waals surface area contributed by atoms with Gasteiger partial charge in [-0.05, 0) is 0 Å². The maximum atomic E-state index is 11.1. The van der Waals surface area contributed by atoms with Crippen LogP contribution >= 0.6 is 0 Å². The Bertz CT molecular complexity index is 475. The van der Waals surface area contributed by atoms with Gasteiger partial charge in [0.1, 0.15) is 24.4 Å². The molecule has 0 saturated carbocycles. The van der Waals surface area contributed by atoms with Gasteiger partial charge in [0.15, 0.2) is 17.8 Å². The van der Waals surface area contributed by atoms with Crippen LogP contribution in [-0.4, -0.2) is 68.4 Å². The van der Waals surface area contributed by atoms with E-state index >= 15 is 0 Å². The number of ketones is 1. The fourth-order valence-corrected chi connectivity index (χ4v) is 1.85. The number of carbonyl (C=O) groups is 1. The zero-order valence-corrected chi connectivity index (χ0v) is 10.6. The summed E-state index contributed by atoms with van der Waals surface area (Å²) in [6.07, 6.45) is -5.38. The van der Waals surface area contributed by atoms with Crippen LogP contribution in [0.25, 0.3) is 0 Å². The van der Waals surface area contributed by atoms with Crippen LogP contribution in [-0.2, 0) is 4.74 Å². The van der Waals surface area contributed by atoms with E-state index in [1.807, 2.05) is 0 Å². The van der Waals surface area contributed by atoms with E-state index in [-0.39, 0.29) is 17.6 Å². The molecule has 2 heterocycles. The quantitative estimate of drug-likeness (QED) is 0.400. The molecule has 0 aliphatic carbocycles. The Hall–Kier alpha value is -1.52. The standard InChI is InChI=1S/C11H16N2O7/c1-4(15)5-2-12-11(20-5)13-10-9(18)8(17)7(16)6(3-14)19-10/h2,6-10,14,16-18H,3H2,1H3,(H,12,13). The summed E-state index contributed by atoms with van der Waals surface area (Å²) in [6, 6.07) is -0.0838. The third-order valence-electron chi connectivity index (χ3n) is 3.01. The first-order valence-electron chi connectivity index (χ1n) is 5.98. The molecule has 112 valence electrons. The van der Waals surface area contributed by atoms with Gasteiger partial charge in [0.2, 0.25) is 0 Å². The van der Waals surface area contributed by atoms with Gasteiger partial charge < -0.3 is 34.9 Å². The summed E-state index contributed by atoms with van der Waals surface area (Å²) in [5, 5.41) is 40.6. The molecule has 0 radical (unpaired) electrons. The number of nitrogens with one attached hydrogen (secondary N) is 1. The van der Waals surface area contributed by atoms with E-state index in [2.05, 4.69) is 10.3 Å². The second-order valence-corrected chi connectivity index (χ2v) is 4.48. The van der Waals surface area contributed by atoms with Crippen molar-refractivity contribution in [2.75, 3.05) is 11.9 Å². The van der Waals surface area contributed by atoms with E-state index in [0.717, 1.165) is 0 Å². The number of aromatic nitrogens is 1. The summed E-state index contributed by atoms with van der Waals surface area (Å²) >= 11 is 0. The van der Waals surface area contributed by atoms with Crippen LogP contribution in [0, 0.1) is 0 Å². The van der Waals surface area contributed by atoms with E-state index in [9.17, 15) is 20.1 Å². The monoisotopic (exact) mass is 288 g/mol. The van der Waals surface area contributed by atoms with Crippen LogP contribution in [0.2, 0.25) is 0 Å². The Balaban J connectivity index is 2.08. The largest absolute Gasteiger partial charge is 0.420 e. The van der Waals surface area contributed by atoms with Gasteiger partial charge in [0.25, 0.3) is 6.01 Å². The van der Waals surface area contributed by atoms with Crippen LogP contribution in [0.3, 0.4) is 0 Å². The molecule has 5 unspecified atom stereocenters. The summed E-state index contributed by atoms with van der Waals surface area (Å²) in [5.74, 6) is -0.295. The van der Waals surface area contributed by atoms with Crippen molar-refractivity contribution in [2.45, 2.75) is 37.6 Å². The minimum Gasteiger partial charge on any atom is -0.420 e.